The third-order valence-electron chi connectivity index (χ3n) is 2.28. The molecular formula is C10H10BNO2. The number of benzene rings is 1. The van der Waals surface area contributed by atoms with E-state index >= 15 is 0 Å². The zero-order valence-corrected chi connectivity index (χ0v) is 7.81. The van der Waals surface area contributed by atoms with Gasteiger partial charge >= 0.3 is 7.12 Å². The summed E-state index contributed by atoms with van der Waals surface area (Å²) < 4.78 is 0. The molecule has 0 aliphatic heterocycles. The molecule has 0 saturated carbocycles. The largest absolute Gasteiger partial charge is 0.488 e. The lowest BCUT2D eigenvalue weighted by Gasteiger charge is -2.04. The molecule has 14 heavy (non-hydrogen) atoms. The molecule has 0 aliphatic rings. The molecule has 2 N–H and O–H groups in total. The summed E-state index contributed by atoms with van der Waals surface area (Å²) in [5.41, 5.74) is 1.54. The van der Waals surface area contributed by atoms with E-state index in [2.05, 4.69) is 4.98 Å². The van der Waals surface area contributed by atoms with Crippen molar-refractivity contribution in [3.8, 4) is 0 Å². The summed E-state index contributed by atoms with van der Waals surface area (Å²) in [5, 5.41) is 20.0. The smallest absolute Gasteiger partial charge is 0.423 e. The molecule has 0 radical (unpaired) electrons. The first kappa shape index (κ1) is 9.18. The molecule has 4 heteroatoms. The molecule has 0 atom stereocenters. The van der Waals surface area contributed by atoms with Crippen LogP contribution in [0.5, 0.6) is 0 Å². The molecule has 0 spiro atoms. The quantitative estimate of drug-likeness (QED) is 0.628. The third-order valence-corrected chi connectivity index (χ3v) is 2.28. The van der Waals surface area contributed by atoms with Gasteiger partial charge in [0.25, 0.3) is 0 Å². The first-order valence-electron chi connectivity index (χ1n) is 4.39. The SMILES string of the molecule is Cc1cncc2ccc(B(O)O)cc12. The minimum absolute atomic E-state index is 0.506. The zero-order valence-electron chi connectivity index (χ0n) is 7.81. The Hall–Kier alpha value is -1.39. The van der Waals surface area contributed by atoms with Gasteiger partial charge < -0.3 is 10.0 Å². The van der Waals surface area contributed by atoms with Gasteiger partial charge in [-0.05, 0) is 23.3 Å². The Kier molecular flexibility index (Phi) is 2.23. The summed E-state index contributed by atoms with van der Waals surface area (Å²) in [6, 6.07) is 5.30. The average Bonchev–Trinajstić information content (AvgIpc) is 2.18. The fraction of sp³-hybridized carbons (Fsp3) is 0.100. The maximum Gasteiger partial charge on any atom is 0.488 e. The highest BCUT2D eigenvalue weighted by Gasteiger charge is 2.11. The summed E-state index contributed by atoms with van der Waals surface area (Å²) in [7, 11) is -1.41. The predicted octanol–water partition coefficient (Wildman–Crippen LogP) is 0.223. The Bertz CT molecular complexity index is 471. The summed E-state index contributed by atoms with van der Waals surface area (Å²) in [5.74, 6) is 0. The van der Waals surface area contributed by atoms with Crippen molar-refractivity contribution in [1.29, 1.82) is 0 Å². The zero-order chi connectivity index (χ0) is 10.1. The molecule has 1 aromatic heterocycles. The maximum atomic E-state index is 9.01. The molecule has 3 nitrogen and oxygen atoms in total. The maximum absolute atomic E-state index is 9.01. The normalized spacial score (nSPS) is 10.5. The van der Waals surface area contributed by atoms with E-state index in [1.165, 1.54) is 0 Å². The molecule has 0 fully saturated rings. The van der Waals surface area contributed by atoms with Gasteiger partial charge in [-0.25, -0.2) is 0 Å². The van der Waals surface area contributed by atoms with E-state index in [1.807, 2.05) is 13.0 Å². The number of pyridine rings is 1. The Morgan fingerprint density at radius 2 is 2.00 bits per heavy atom. The Balaban J connectivity index is 2.70. The van der Waals surface area contributed by atoms with Gasteiger partial charge in [-0.2, -0.15) is 0 Å². The minimum Gasteiger partial charge on any atom is -0.423 e. The Morgan fingerprint density at radius 3 is 2.71 bits per heavy atom. The van der Waals surface area contributed by atoms with Gasteiger partial charge in [0.05, 0.1) is 0 Å². The van der Waals surface area contributed by atoms with Crippen molar-refractivity contribution in [2.75, 3.05) is 0 Å². The molecular weight excluding hydrogens is 177 g/mol. The van der Waals surface area contributed by atoms with Crippen LogP contribution in [0.4, 0.5) is 0 Å². The second-order valence-corrected chi connectivity index (χ2v) is 3.31. The lowest BCUT2D eigenvalue weighted by molar-refractivity contribution is 0.426. The molecule has 0 unspecified atom stereocenters. The molecule has 0 bridgehead atoms. The average molecular weight is 187 g/mol. The topological polar surface area (TPSA) is 53.4 Å². The fourth-order valence-electron chi connectivity index (χ4n) is 1.49. The summed E-state index contributed by atoms with van der Waals surface area (Å²) in [6.07, 6.45) is 3.52. The van der Waals surface area contributed by atoms with Gasteiger partial charge in [0.15, 0.2) is 0 Å². The van der Waals surface area contributed by atoms with E-state index in [4.69, 9.17) is 10.0 Å². The van der Waals surface area contributed by atoms with Gasteiger partial charge in [0.1, 0.15) is 0 Å². The molecule has 0 amide bonds. The number of nitrogens with zero attached hydrogens (tertiary/aromatic N) is 1. The van der Waals surface area contributed by atoms with Crippen molar-refractivity contribution in [3.63, 3.8) is 0 Å². The monoisotopic (exact) mass is 187 g/mol. The van der Waals surface area contributed by atoms with Crippen molar-refractivity contribution in [2.45, 2.75) is 6.92 Å². The number of hydrogen-bond donors (Lipinski definition) is 2. The molecule has 1 heterocycles. The van der Waals surface area contributed by atoms with E-state index in [-0.39, 0.29) is 0 Å². The first-order chi connectivity index (χ1) is 6.68. The predicted molar refractivity (Wildman–Crippen MR) is 56.3 cm³/mol. The molecule has 2 aromatic rings. The van der Waals surface area contributed by atoms with Crippen molar-refractivity contribution in [1.82, 2.24) is 4.98 Å². The van der Waals surface area contributed by atoms with E-state index in [0.29, 0.717) is 5.46 Å². The number of fused-ring (bicyclic) bond motifs is 1. The summed E-state index contributed by atoms with van der Waals surface area (Å²) >= 11 is 0. The highest BCUT2D eigenvalue weighted by atomic mass is 16.4. The van der Waals surface area contributed by atoms with Crippen LogP contribution in [0.25, 0.3) is 10.8 Å². The number of aromatic nitrogens is 1. The highest BCUT2D eigenvalue weighted by Crippen LogP contribution is 2.14. The fourth-order valence-corrected chi connectivity index (χ4v) is 1.49. The van der Waals surface area contributed by atoms with E-state index in [0.717, 1.165) is 16.3 Å². The summed E-state index contributed by atoms with van der Waals surface area (Å²) in [6.45, 7) is 1.95. The number of rotatable bonds is 1. The minimum atomic E-state index is -1.41. The lowest BCUT2D eigenvalue weighted by Crippen LogP contribution is -2.29. The number of hydrogen-bond acceptors (Lipinski definition) is 3. The molecule has 1 aromatic carbocycles. The van der Waals surface area contributed by atoms with Gasteiger partial charge in [-0.15, -0.1) is 0 Å². The van der Waals surface area contributed by atoms with Crippen molar-refractivity contribution >= 4 is 23.4 Å². The van der Waals surface area contributed by atoms with Crippen LogP contribution in [0.1, 0.15) is 5.56 Å². The van der Waals surface area contributed by atoms with E-state index in [1.54, 1.807) is 24.5 Å². The highest BCUT2D eigenvalue weighted by molar-refractivity contribution is 6.58. The van der Waals surface area contributed by atoms with Gasteiger partial charge in [0, 0.05) is 17.8 Å². The molecule has 70 valence electrons. The van der Waals surface area contributed by atoms with Crippen LogP contribution >= 0.6 is 0 Å². The van der Waals surface area contributed by atoms with Crippen LogP contribution in [0.2, 0.25) is 0 Å². The Morgan fingerprint density at radius 1 is 1.21 bits per heavy atom. The van der Waals surface area contributed by atoms with Crippen molar-refractivity contribution in [2.24, 2.45) is 0 Å². The van der Waals surface area contributed by atoms with Crippen LogP contribution in [-0.2, 0) is 0 Å². The van der Waals surface area contributed by atoms with Crippen LogP contribution in [-0.4, -0.2) is 22.2 Å². The molecule has 0 saturated heterocycles. The van der Waals surface area contributed by atoms with Crippen molar-refractivity contribution in [3.05, 3.63) is 36.2 Å². The van der Waals surface area contributed by atoms with Crippen LogP contribution in [0, 0.1) is 6.92 Å². The van der Waals surface area contributed by atoms with Gasteiger partial charge in [-0.3, -0.25) is 4.98 Å². The number of aryl methyl sites for hydroxylation is 1. The van der Waals surface area contributed by atoms with Gasteiger partial charge in [-0.1, -0.05) is 18.2 Å². The van der Waals surface area contributed by atoms with E-state index in [9.17, 15) is 0 Å². The van der Waals surface area contributed by atoms with Crippen molar-refractivity contribution < 1.29 is 10.0 Å². The standard InChI is InChI=1S/C10H10BNO2/c1-7-5-12-6-8-2-3-9(11(13)14)4-10(7)8/h2-6,13-14H,1H3. The van der Waals surface area contributed by atoms with Crippen LogP contribution in [0.15, 0.2) is 30.6 Å². The second-order valence-electron chi connectivity index (χ2n) is 3.31. The Labute approximate surface area is 82.2 Å². The van der Waals surface area contributed by atoms with Crippen LogP contribution < -0.4 is 5.46 Å². The van der Waals surface area contributed by atoms with E-state index < -0.39 is 7.12 Å². The second kappa shape index (κ2) is 3.40. The lowest BCUT2D eigenvalue weighted by atomic mass is 9.79. The first-order valence-corrected chi connectivity index (χ1v) is 4.39. The summed E-state index contributed by atoms with van der Waals surface area (Å²) in [4.78, 5) is 4.06. The third kappa shape index (κ3) is 1.50. The molecule has 0 aliphatic carbocycles. The van der Waals surface area contributed by atoms with Crippen LogP contribution in [0.3, 0.4) is 0 Å². The molecule has 2 rings (SSSR count). The van der Waals surface area contributed by atoms with Gasteiger partial charge in [0.2, 0.25) is 0 Å².